The van der Waals surface area contributed by atoms with Gasteiger partial charge < -0.3 is 5.73 Å². The van der Waals surface area contributed by atoms with Gasteiger partial charge in [0.2, 0.25) is 0 Å². The molecule has 0 saturated heterocycles. The van der Waals surface area contributed by atoms with E-state index in [0.717, 1.165) is 5.69 Å². The van der Waals surface area contributed by atoms with Gasteiger partial charge >= 0.3 is 0 Å². The lowest BCUT2D eigenvalue weighted by molar-refractivity contribution is 0.565. The predicted octanol–water partition coefficient (Wildman–Crippen LogP) is 0.991. The molecule has 0 radical (unpaired) electrons. The highest BCUT2D eigenvalue weighted by atomic mass is 15.1. The molecule has 66 valence electrons. The summed E-state index contributed by atoms with van der Waals surface area (Å²) in [5.41, 5.74) is 6.94. The average Bonchev–Trinajstić information content (AvgIpc) is 2.30. The lowest BCUT2D eigenvalue weighted by Gasteiger charge is -2.17. The molecule has 0 saturated carbocycles. The average molecular weight is 166 g/mol. The van der Waals surface area contributed by atoms with Crippen LogP contribution in [0.1, 0.15) is 32.0 Å². The zero-order valence-electron chi connectivity index (χ0n) is 7.60. The summed E-state index contributed by atoms with van der Waals surface area (Å²) in [6, 6.07) is 0. The number of amidine groups is 1. The maximum absolute atomic E-state index is 7.29. The van der Waals surface area contributed by atoms with Crippen LogP contribution in [-0.2, 0) is 5.41 Å². The molecule has 0 bridgehead atoms. The Bertz CT molecular complexity index is 292. The van der Waals surface area contributed by atoms with Gasteiger partial charge in [-0.05, 0) is 0 Å². The standard InChI is InChI=1S/C8H14N4/c1-8(2,3)6-5(7(9)10)4-11-12-6/h4H,1-3H3,(H3,9,10)(H,11,12). The maximum atomic E-state index is 7.29. The fraction of sp³-hybridized carbons (Fsp3) is 0.500. The number of nitrogens with two attached hydrogens (primary N) is 1. The number of hydrogen-bond acceptors (Lipinski definition) is 2. The second kappa shape index (κ2) is 2.62. The first-order chi connectivity index (χ1) is 5.43. The van der Waals surface area contributed by atoms with E-state index in [2.05, 4.69) is 10.2 Å². The number of hydrogen-bond donors (Lipinski definition) is 3. The van der Waals surface area contributed by atoms with Gasteiger partial charge in [-0.2, -0.15) is 5.10 Å². The van der Waals surface area contributed by atoms with Crippen LogP contribution in [0.3, 0.4) is 0 Å². The minimum absolute atomic E-state index is 0.0441. The van der Waals surface area contributed by atoms with Gasteiger partial charge in [0, 0.05) is 5.41 Å². The molecule has 1 aromatic rings. The normalized spacial score (nSPS) is 11.6. The van der Waals surface area contributed by atoms with E-state index in [9.17, 15) is 0 Å². The Morgan fingerprint density at radius 2 is 2.17 bits per heavy atom. The minimum Gasteiger partial charge on any atom is -0.384 e. The highest BCUT2D eigenvalue weighted by Crippen LogP contribution is 2.22. The highest BCUT2D eigenvalue weighted by molar-refractivity contribution is 5.96. The van der Waals surface area contributed by atoms with Crippen LogP contribution in [0.25, 0.3) is 0 Å². The van der Waals surface area contributed by atoms with Gasteiger partial charge in [0.05, 0.1) is 17.5 Å². The number of rotatable bonds is 1. The van der Waals surface area contributed by atoms with Crippen LogP contribution in [0.5, 0.6) is 0 Å². The maximum Gasteiger partial charge on any atom is 0.126 e. The van der Waals surface area contributed by atoms with Gasteiger partial charge in [0.25, 0.3) is 0 Å². The Balaban J connectivity index is 3.17. The lowest BCUT2D eigenvalue weighted by Crippen LogP contribution is -2.20. The third-order valence-electron chi connectivity index (χ3n) is 1.68. The summed E-state index contributed by atoms with van der Waals surface area (Å²) in [5.74, 6) is 0.0636. The van der Waals surface area contributed by atoms with Crippen molar-refractivity contribution in [3.05, 3.63) is 17.5 Å². The third kappa shape index (κ3) is 1.47. The van der Waals surface area contributed by atoms with E-state index < -0.39 is 0 Å². The smallest absolute Gasteiger partial charge is 0.126 e. The molecule has 0 aromatic carbocycles. The molecule has 0 amide bonds. The predicted molar refractivity (Wildman–Crippen MR) is 48.3 cm³/mol. The van der Waals surface area contributed by atoms with E-state index >= 15 is 0 Å². The van der Waals surface area contributed by atoms with E-state index in [1.807, 2.05) is 20.8 Å². The van der Waals surface area contributed by atoms with Crippen molar-refractivity contribution in [2.75, 3.05) is 0 Å². The van der Waals surface area contributed by atoms with Crippen LogP contribution in [0.15, 0.2) is 6.20 Å². The van der Waals surface area contributed by atoms with Crippen LogP contribution >= 0.6 is 0 Å². The summed E-state index contributed by atoms with van der Waals surface area (Å²) in [6.07, 6.45) is 1.59. The zero-order valence-corrected chi connectivity index (χ0v) is 7.60. The van der Waals surface area contributed by atoms with Crippen molar-refractivity contribution in [2.24, 2.45) is 5.73 Å². The SMILES string of the molecule is CC(C)(C)c1[nH]ncc1C(=N)N. The number of aromatic amines is 1. The van der Waals surface area contributed by atoms with Crippen LogP contribution in [0, 0.1) is 5.41 Å². The number of aromatic nitrogens is 2. The monoisotopic (exact) mass is 166 g/mol. The van der Waals surface area contributed by atoms with Crippen LogP contribution < -0.4 is 5.73 Å². The Hall–Kier alpha value is -1.32. The minimum atomic E-state index is -0.0441. The third-order valence-corrected chi connectivity index (χ3v) is 1.68. The first-order valence-electron chi connectivity index (χ1n) is 3.81. The molecule has 0 unspecified atom stereocenters. The summed E-state index contributed by atoms with van der Waals surface area (Å²) in [5, 5.41) is 14.0. The number of nitrogens with one attached hydrogen (secondary N) is 2. The molecule has 1 heterocycles. The molecule has 0 aliphatic carbocycles. The lowest BCUT2D eigenvalue weighted by atomic mass is 9.89. The largest absolute Gasteiger partial charge is 0.384 e. The molecule has 1 rings (SSSR count). The van der Waals surface area contributed by atoms with Gasteiger partial charge in [0.15, 0.2) is 0 Å². The summed E-state index contributed by atoms with van der Waals surface area (Å²) in [7, 11) is 0. The first-order valence-corrected chi connectivity index (χ1v) is 3.81. The van der Waals surface area contributed by atoms with Crippen molar-refractivity contribution in [2.45, 2.75) is 26.2 Å². The van der Waals surface area contributed by atoms with E-state index in [0.29, 0.717) is 5.56 Å². The summed E-state index contributed by atoms with van der Waals surface area (Å²) >= 11 is 0. The molecule has 0 fully saturated rings. The Labute approximate surface area is 71.7 Å². The van der Waals surface area contributed by atoms with Crippen molar-refractivity contribution in [3.63, 3.8) is 0 Å². The number of H-pyrrole nitrogens is 1. The fourth-order valence-corrected chi connectivity index (χ4v) is 1.06. The van der Waals surface area contributed by atoms with Crippen LogP contribution in [0.4, 0.5) is 0 Å². The molecule has 0 aliphatic heterocycles. The molecule has 0 atom stereocenters. The van der Waals surface area contributed by atoms with Crippen molar-refractivity contribution in [3.8, 4) is 0 Å². The second-order valence-corrected chi connectivity index (χ2v) is 3.82. The first kappa shape index (κ1) is 8.77. The Morgan fingerprint density at radius 1 is 1.58 bits per heavy atom. The van der Waals surface area contributed by atoms with Crippen molar-refractivity contribution < 1.29 is 0 Å². The summed E-state index contributed by atoms with van der Waals surface area (Å²) in [4.78, 5) is 0. The molecule has 0 aliphatic rings. The fourth-order valence-electron chi connectivity index (χ4n) is 1.06. The molecule has 12 heavy (non-hydrogen) atoms. The molecule has 0 spiro atoms. The zero-order chi connectivity index (χ0) is 9.35. The molecular formula is C8H14N4. The van der Waals surface area contributed by atoms with Gasteiger partial charge in [-0.25, -0.2) is 0 Å². The quantitative estimate of drug-likeness (QED) is 0.429. The van der Waals surface area contributed by atoms with E-state index in [1.54, 1.807) is 6.20 Å². The molecule has 4 N–H and O–H groups in total. The van der Waals surface area contributed by atoms with Crippen molar-refractivity contribution in [1.29, 1.82) is 5.41 Å². The van der Waals surface area contributed by atoms with Gasteiger partial charge in [-0.15, -0.1) is 0 Å². The summed E-state index contributed by atoms with van der Waals surface area (Å²) < 4.78 is 0. The van der Waals surface area contributed by atoms with Gasteiger partial charge in [-0.3, -0.25) is 10.5 Å². The molecule has 4 nitrogen and oxygen atoms in total. The highest BCUT2D eigenvalue weighted by Gasteiger charge is 2.20. The molecular weight excluding hydrogens is 152 g/mol. The van der Waals surface area contributed by atoms with E-state index in [-0.39, 0.29) is 11.3 Å². The van der Waals surface area contributed by atoms with Crippen LogP contribution in [0.2, 0.25) is 0 Å². The van der Waals surface area contributed by atoms with Gasteiger partial charge in [0.1, 0.15) is 5.84 Å². The van der Waals surface area contributed by atoms with Crippen LogP contribution in [-0.4, -0.2) is 16.0 Å². The van der Waals surface area contributed by atoms with E-state index in [1.165, 1.54) is 0 Å². The Morgan fingerprint density at radius 3 is 2.50 bits per heavy atom. The van der Waals surface area contributed by atoms with Crippen molar-refractivity contribution in [1.82, 2.24) is 10.2 Å². The number of nitrogens with zero attached hydrogens (tertiary/aromatic N) is 1. The summed E-state index contributed by atoms with van der Waals surface area (Å²) in [6.45, 7) is 6.15. The molecule has 1 aromatic heterocycles. The topological polar surface area (TPSA) is 78.5 Å². The Kier molecular flexibility index (Phi) is 1.92. The number of nitrogen functional groups attached to an aromatic ring is 1. The van der Waals surface area contributed by atoms with E-state index in [4.69, 9.17) is 11.1 Å². The van der Waals surface area contributed by atoms with Gasteiger partial charge in [-0.1, -0.05) is 20.8 Å². The van der Waals surface area contributed by atoms with Crippen molar-refractivity contribution >= 4 is 5.84 Å². The second-order valence-electron chi connectivity index (χ2n) is 3.82. The molecule has 4 heteroatoms.